The van der Waals surface area contributed by atoms with Gasteiger partial charge in [-0.3, -0.25) is 4.79 Å². The standard InChI is InChI=1S/C18H33NO3S/c1-5-7-9-10-11-12-16(20)19(3)18(17(21)22,13-8-6-2)14-15-23-4/h10-11H,5-9,12-15H2,1-4H3,(H,21,22)/b11-10+/t18-/m1/s1. The van der Waals surface area contributed by atoms with Crippen LogP contribution in [-0.2, 0) is 9.59 Å². The summed E-state index contributed by atoms with van der Waals surface area (Å²) in [7, 11) is 1.65. The molecule has 0 fully saturated rings. The van der Waals surface area contributed by atoms with Gasteiger partial charge in [0.25, 0.3) is 0 Å². The van der Waals surface area contributed by atoms with Gasteiger partial charge in [-0.25, -0.2) is 4.79 Å². The number of amides is 1. The Morgan fingerprint density at radius 1 is 1.13 bits per heavy atom. The summed E-state index contributed by atoms with van der Waals surface area (Å²) in [5.41, 5.74) is -1.08. The molecule has 0 radical (unpaired) electrons. The number of likely N-dealkylation sites (N-methyl/N-ethyl adjacent to an activating group) is 1. The molecule has 1 atom stereocenters. The summed E-state index contributed by atoms with van der Waals surface area (Å²) >= 11 is 1.62. The molecule has 0 heterocycles. The SMILES string of the molecule is CCCC/C=C/CC(=O)N(C)[C@](CCCC)(CCSC)C(=O)O. The van der Waals surface area contributed by atoms with Crippen molar-refractivity contribution in [1.82, 2.24) is 4.90 Å². The first kappa shape index (κ1) is 22.0. The molecule has 0 aliphatic rings. The number of hydrogen-bond acceptors (Lipinski definition) is 3. The Morgan fingerprint density at radius 3 is 2.30 bits per heavy atom. The predicted octanol–water partition coefficient (Wildman–Crippen LogP) is 4.35. The molecule has 5 heteroatoms. The Bertz CT molecular complexity index is 374. The fourth-order valence-electron chi connectivity index (χ4n) is 2.56. The molecule has 0 rings (SSSR count). The molecule has 0 bridgehead atoms. The van der Waals surface area contributed by atoms with Crippen LogP contribution in [0.5, 0.6) is 0 Å². The number of allylic oxidation sites excluding steroid dienone is 1. The molecule has 0 unspecified atom stereocenters. The lowest BCUT2D eigenvalue weighted by molar-refractivity contribution is -0.158. The van der Waals surface area contributed by atoms with Gasteiger partial charge < -0.3 is 10.0 Å². The lowest BCUT2D eigenvalue weighted by atomic mass is 9.87. The lowest BCUT2D eigenvalue weighted by Gasteiger charge is -2.38. The third kappa shape index (κ3) is 7.42. The first-order valence-corrected chi connectivity index (χ1v) is 9.99. The summed E-state index contributed by atoms with van der Waals surface area (Å²) in [5, 5.41) is 9.82. The predicted molar refractivity (Wildman–Crippen MR) is 98.9 cm³/mol. The van der Waals surface area contributed by atoms with E-state index in [9.17, 15) is 14.7 Å². The second-order valence-corrected chi connectivity index (χ2v) is 6.94. The van der Waals surface area contributed by atoms with Gasteiger partial charge >= 0.3 is 5.97 Å². The van der Waals surface area contributed by atoms with Crippen LogP contribution in [0.25, 0.3) is 0 Å². The van der Waals surface area contributed by atoms with E-state index in [1.807, 2.05) is 25.3 Å². The van der Waals surface area contributed by atoms with E-state index in [2.05, 4.69) is 6.92 Å². The van der Waals surface area contributed by atoms with Crippen LogP contribution in [-0.4, -0.2) is 46.5 Å². The molecule has 0 saturated carbocycles. The zero-order chi connectivity index (χ0) is 17.7. The highest BCUT2D eigenvalue weighted by Crippen LogP contribution is 2.28. The number of carbonyl (C=O) groups is 2. The number of carboxylic acid groups (broad SMARTS) is 1. The minimum atomic E-state index is -1.08. The summed E-state index contributed by atoms with van der Waals surface area (Å²) < 4.78 is 0. The quantitative estimate of drug-likeness (QED) is 0.399. The van der Waals surface area contributed by atoms with Gasteiger partial charge in [-0.15, -0.1) is 0 Å². The van der Waals surface area contributed by atoms with Crippen LogP contribution in [0.1, 0.15) is 65.2 Å². The highest BCUT2D eigenvalue weighted by molar-refractivity contribution is 7.98. The Kier molecular flexibility index (Phi) is 11.9. The van der Waals surface area contributed by atoms with E-state index < -0.39 is 11.5 Å². The van der Waals surface area contributed by atoms with E-state index >= 15 is 0 Å². The van der Waals surface area contributed by atoms with Crippen LogP contribution in [0.4, 0.5) is 0 Å². The molecule has 1 N–H and O–H groups in total. The van der Waals surface area contributed by atoms with Gasteiger partial charge in [0.15, 0.2) is 0 Å². The number of nitrogens with zero attached hydrogens (tertiary/aromatic N) is 1. The lowest BCUT2D eigenvalue weighted by Crippen LogP contribution is -2.55. The number of unbranched alkanes of at least 4 members (excludes halogenated alkanes) is 3. The van der Waals surface area contributed by atoms with E-state index in [0.29, 0.717) is 12.8 Å². The molecule has 0 aliphatic carbocycles. The summed E-state index contributed by atoms with van der Waals surface area (Å²) in [6.07, 6.45) is 12.1. The maximum absolute atomic E-state index is 12.5. The van der Waals surface area contributed by atoms with E-state index in [1.54, 1.807) is 18.8 Å². The molecule has 0 spiro atoms. The first-order chi connectivity index (χ1) is 11.0. The molecular formula is C18H33NO3S. The smallest absolute Gasteiger partial charge is 0.329 e. The molecule has 0 aliphatic heterocycles. The van der Waals surface area contributed by atoms with Crippen LogP contribution in [0.2, 0.25) is 0 Å². The van der Waals surface area contributed by atoms with Crippen molar-refractivity contribution in [2.75, 3.05) is 19.1 Å². The molecule has 134 valence electrons. The van der Waals surface area contributed by atoms with Gasteiger partial charge in [0.1, 0.15) is 5.54 Å². The summed E-state index contributed by atoms with van der Waals surface area (Å²) in [4.78, 5) is 25.9. The van der Waals surface area contributed by atoms with Crippen LogP contribution < -0.4 is 0 Å². The molecule has 23 heavy (non-hydrogen) atoms. The topological polar surface area (TPSA) is 57.6 Å². The number of thioether (sulfide) groups is 1. The van der Waals surface area contributed by atoms with Crippen molar-refractivity contribution in [2.45, 2.75) is 70.8 Å². The molecule has 0 aromatic heterocycles. The van der Waals surface area contributed by atoms with Crippen molar-refractivity contribution in [1.29, 1.82) is 0 Å². The summed E-state index contributed by atoms with van der Waals surface area (Å²) in [5.74, 6) is -0.261. The monoisotopic (exact) mass is 343 g/mol. The average molecular weight is 344 g/mol. The minimum Gasteiger partial charge on any atom is -0.479 e. The summed E-state index contributed by atoms with van der Waals surface area (Å²) in [6.45, 7) is 4.17. The minimum absolute atomic E-state index is 0.114. The molecule has 4 nitrogen and oxygen atoms in total. The van der Waals surface area contributed by atoms with Gasteiger partial charge in [0.2, 0.25) is 5.91 Å². The fraction of sp³-hybridized carbons (Fsp3) is 0.778. The highest BCUT2D eigenvalue weighted by Gasteiger charge is 2.43. The Morgan fingerprint density at radius 2 is 1.78 bits per heavy atom. The Hall–Kier alpha value is -0.970. The van der Waals surface area contributed by atoms with Gasteiger partial charge in [-0.2, -0.15) is 11.8 Å². The molecule has 1 amide bonds. The first-order valence-electron chi connectivity index (χ1n) is 8.60. The normalized spacial score (nSPS) is 13.9. The number of aliphatic carboxylic acids is 1. The summed E-state index contributed by atoms with van der Waals surface area (Å²) in [6, 6.07) is 0. The maximum atomic E-state index is 12.5. The molecular weight excluding hydrogens is 310 g/mol. The van der Waals surface area contributed by atoms with Gasteiger partial charge in [-0.1, -0.05) is 51.7 Å². The molecule has 0 aromatic rings. The van der Waals surface area contributed by atoms with E-state index in [4.69, 9.17) is 0 Å². The molecule has 0 saturated heterocycles. The Labute approximate surface area is 145 Å². The van der Waals surface area contributed by atoms with Crippen molar-refractivity contribution < 1.29 is 14.7 Å². The third-order valence-corrected chi connectivity index (χ3v) is 4.87. The van der Waals surface area contributed by atoms with Crippen LogP contribution >= 0.6 is 11.8 Å². The second-order valence-electron chi connectivity index (χ2n) is 5.95. The van der Waals surface area contributed by atoms with Crippen molar-refractivity contribution >= 4 is 23.6 Å². The maximum Gasteiger partial charge on any atom is 0.329 e. The number of carboxylic acids is 1. The zero-order valence-corrected chi connectivity index (χ0v) is 16.0. The third-order valence-electron chi connectivity index (χ3n) is 4.26. The van der Waals surface area contributed by atoms with Crippen LogP contribution in [0.3, 0.4) is 0 Å². The Balaban J connectivity index is 5.00. The fourth-order valence-corrected chi connectivity index (χ4v) is 3.10. The zero-order valence-electron chi connectivity index (χ0n) is 15.1. The van der Waals surface area contributed by atoms with Crippen molar-refractivity contribution in [3.8, 4) is 0 Å². The van der Waals surface area contributed by atoms with Crippen molar-refractivity contribution in [3.63, 3.8) is 0 Å². The van der Waals surface area contributed by atoms with E-state index in [1.165, 1.54) is 4.90 Å². The van der Waals surface area contributed by atoms with E-state index in [-0.39, 0.29) is 12.3 Å². The van der Waals surface area contributed by atoms with Crippen LogP contribution in [0.15, 0.2) is 12.2 Å². The van der Waals surface area contributed by atoms with Crippen LogP contribution in [0, 0.1) is 0 Å². The molecule has 0 aromatic carbocycles. The van der Waals surface area contributed by atoms with Crippen molar-refractivity contribution in [2.24, 2.45) is 0 Å². The number of carbonyl (C=O) groups excluding carboxylic acids is 1. The van der Waals surface area contributed by atoms with Crippen molar-refractivity contribution in [3.05, 3.63) is 12.2 Å². The van der Waals surface area contributed by atoms with E-state index in [0.717, 1.165) is 37.9 Å². The number of rotatable bonds is 13. The van der Waals surface area contributed by atoms with Gasteiger partial charge in [0, 0.05) is 13.5 Å². The average Bonchev–Trinajstić information content (AvgIpc) is 2.54. The van der Waals surface area contributed by atoms with Gasteiger partial charge in [0.05, 0.1) is 0 Å². The largest absolute Gasteiger partial charge is 0.479 e. The second kappa shape index (κ2) is 12.5. The van der Waals surface area contributed by atoms with Gasteiger partial charge in [-0.05, 0) is 31.3 Å². The highest BCUT2D eigenvalue weighted by atomic mass is 32.2. The number of hydrogen-bond donors (Lipinski definition) is 1.